The lowest BCUT2D eigenvalue weighted by Gasteiger charge is -2.19. The average molecular weight is 234 g/mol. The van der Waals surface area contributed by atoms with Gasteiger partial charge in [-0.15, -0.1) is 0 Å². The normalized spacial score (nSPS) is 11.7. The van der Waals surface area contributed by atoms with Crippen LogP contribution in [0.1, 0.15) is 26.3 Å². The van der Waals surface area contributed by atoms with E-state index in [9.17, 15) is 4.79 Å². The van der Waals surface area contributed by atoms with Gasteiger partial charge in [-0.1, -0.05) is 0 Å². The molecule has 0 bridgehead atoms. The number of nitrogens with zero attached hydrogens (tertiary/aromatic N) is 4. The van der Waals surface area contributed by atoms with E-state index in [2.05, 4.69) is 15.1 Å². The van der Waals surface area contributed by atoms with Crippen molar-refractivity contribution >= 4 is 11.7 Å². The van der Waals surface area contributed by atoms with Gasteiger partial charge in [-0.05, 0) is 20.8 Å². The third-order valence-corrected chi connectivity index (χ3v) is 1.96. The molecule has 0 aliphatic rings. The number of hydrogen-bond donors (Lipinski definition) is 0. The molecular formula is C11H14N4O2. The van der Waals surface area contributed by atoms with Crippen molar-refractivity contribution in [3.8, 4) is 0 Å². The van der Waals surface area contributed by atoms with Gasteiger partial charge in [0.1, 0.15) is 11.9 Å². The van der Waals surface area contributed by atoms with Crippen molar-refractivity contribution in [2.45, 2.75) is 32.8 Å². The zero-order chi connectivity index (χ0) is 12.5. The van der Waals surface area contributed by atoms with E-state index in [1.165, 1.54) is 10.8 Å². The lowest BCUT2D eigenvalue weighted by atomic mass is 10.2. The average Bonchev–Trinajstić information content (AvgIpc) is 2.61. The molecule has 0 amide bonds. The third kappa shape index (κ3) is 2.99. The van der Waals surface area contributed by atoms with Crippen LogP contribution in [-0.4, -0.2) is 31.2 Å². The maximum absolute atomic E-state index is 11.6. The molecule has 90 valence electrons. The Bertz CT molecular complexity index is 542. The number of carbonyl (C=O) groups is 1. The molecular weight excluding hydrogens is 220 g/mol. The maximum Gasteiger partial charge on any atom is 0.310 e. The molecule has 6 nitrogen and oxygen atoms in total. The Morgan fingerprint density at radius 3 is 2.88 bits per heavy atom. The van der Waals surface area contributed by atoms with Crippen LogP contribution in [0, 0.1) is 0 Å². The predicted octanol–water partition coefficient (Wildman–Crippen LogP) is 1.01. The van der Waals surface area contributed by atoms with Gasteiger partial charge in [-0.2, -0.15) is 10.1 Å². The molecule has 2 aromatic rings. The minimum Gasteiger partial charge on any atom is -0.460 e. The summed E-state index contributed by atoms with van der Waals surface area (Å²) in [6.07, 6.45) is 4.92. The van der Waals surface area contributed by atoms with Crippen molar-refractivity contribution in [3.63, 3.8) is 0 Å². The van der Waals surface area contributed by atoms with E-state index < -0.39 is 5.60 Å². The summed E-state index contributed by atoms with van der Waals surface area (Å²) in [4.78, 5) is 19.6. The monoisotopic (exact) mass is 234 g/mol. The first kappa shape index (κ1) is 11.5. The van der Waals surface area contributed by atoms with E-state index in [0.29, 0.717) is 5.78 Å². The Morgan fingerprint density at radius 1 is 1.41 bits per heavy atom. The highest BCUT2D eigenvalue weighted by molar-refractivity contribution is 5.72. The van der Waals surface area contributed by atoms with Crippen LogP contribution in [0.5, 0.6) is 0 Å². The molecule has 0 radical (unpaired) electrons. The Kier molecular flexibility index (Phi) is 2.79. The lowest BCUT2D eigenvalue weighted by molar-refractivity contribution is -0.153. The van der Waals surface area contributed by atoms with Crippen LogP contribution in [0.25, 0.3) is 5.78 Å². The number of rotatable bonds is 2. The minimum atomic E-state index is -0.470. The van der Waals surface area contributed by atoms with Gasteiger partial charge in [-0.3, -0.25) is 4.79 Å². The zero-order valence-electron chi connectivity index (χ0n) is 10.0. The minimum absolute atomic E-state index is 0.181. The van der Waals surface area contributed by atoms with Crippen molar-refractivity contribution in [1.29, 1.82) is 0 Å². The van der Waals surface area contributed by atoms with Gasteiger partial charge in [0.2, 0.25) is 0 Å². The number of carbonyl (C=O) groups excluding carboxylic acids is 1. The topological polar surface area (TPSA) is 69.4 Å². The number of aromatic nitrogens is 4. The van der Waals surface area contributed by atoms with E-state index in [0.717, 1.165) is 5.56 Å². The molecule has 6 heteroatoms. The molecule has 0 saturated carbocycles. The molecule has 17 heavy (non-hydrogen) atoms. The van der Waals surface area contributed by atoms with Crippen LogP contribution >= 0.6 is 0 Å². The van der Waals surface area contributed by atoms with Gasteiger partial charge in [0.25, 0.3) is 5.78 Å². The fraction of sp³-hybridized carbons (Fsp3) is 0.455. The second-order valence-electron chi connectivity index (χ2n) is 4.73. The first-order valence-corrected chi connectivity index (χ1v) is 5.30. The summed E-state index contributed by atoms with van der Waals surface area (Å²) in [6.45, 7) is 5.51. The smallest absolute Gasteiger partial charge is 0.310 e. The van der Waals surface area contributed by atoms with Gasteiger partial charge in [0.15, 0.2) is 0 Å². The number of hydrogen-bond acceptors (Lipinski definition) is 5. The molecule has 0 unspecified atom stereocenters. The molecule has 2 heterocycles. The molecule has 2 aromatic heterocycles. The number of fused-ring (bicyclic) bond motifs is 1. The van der Waals surface area contributed by atoms with Crippen molar-refractivity contribution in [1.82, 2.24) is 19.6 Å². The summed E-state index contributed by atoms with van der Waals surface area (Å²) in [7, 11) is 0. The van der Waals surface area contributed by atoms with Crippen LogP contribution in [0.15, 0.2) is 18.7 Å². The third-order valence-electron chi connectivity index (χ3n) is 1.96. The highest BCUT2D eigenvalue weighted by atomic mass is 16.6. The molecule has 0 saturated heterocycles. The van der Waals surface area contributed by atoms with Crippen molar-refractivity contribution in [2.75, 3.05) is 0 Å². The van der Waals surface area contributed by atoms with Gasteiger partial charge >= 0.3 is 5.97 Å². The predicted molar refractivity (Wildman–Crippen MR) is 60.3 cm³/mol. The van der Waals surface area contributed by atoms with E-state index >= 15 is 0 Å². The summed E-state index contributed by atoms with van der Waals surface area (Å²) < 4.78 is 6.75. The van der Waals surface area contributed by atoms with Crippen LogP contribution < -0.4 is 0 Å². The first-order chi connectivity index (χ1) is 7.94. The van der Waals surface area contributed by atoms with Gasteiger partial charge in [0, 0.05) is 18.0 Å². The largest absolute Gasteiger partial charge is 0.460 e. The molecule has 0 atom stereocenters. The van der Waals surface area contributed by atoms with Crippen LogP contribution in [0.4, 0.5) is 0 Å². The Morgan fingerprint density at radius 2 is 2.18 bits per heavy atom. The standard InChI is InChI=1S/C11H14N4O2/c1-11(2,3)17-9(16)4-8-5-12-10-13-7-14-15(10)6-8/h5-7H,4H2,1-3H3. The van der Waals surface area contributed by atoms with Crippen LogP contribution in [0.2, 0.25) is 0 Å². The summed E-state index contributed by atoms with van der Waals surface area (Å²) in [6, 6.07) is 0. The van der Waals surface area contributed by atoms with Crippen molar-refractivity contribution < 1.29 is 9.53 Å². The SMILES string of the molecule is CC(C)(C)OC(=O)Cc1cnc2ncnn2c1. The summed E-state index contributed by atoms with van der Waals surface area (Å²) >= 11 is 0. The lowest BCUT2D eigenvalue weighted by Crippen LogP contribution is -2.25. The van der Waals surface area contributed by atoms with Gasteiger partial charge in [-0.25, -0.2) is 9.50 Å². The van der Waals surface area contributed by atoms with E-state index in [1.54, 1.807) is 12.4 Å². The summed E-state index contributed by atoms with van der Waals surface area (Å²) in [5, 5.41) is 3.95. The quantitative estimate of drug-likeness (QED) is 0.725. The van der Waals surface area contributed by atoms with Crippen molar-refractivity contribution in [3.05, 3.63) is 24.3 Å². The van der Waals surface area contributed by atoms with Gasteiger partial charge < -0.3 is 4.74 Å². The van der Waals surface area contributed by atoms with Crippen LogP contribution in [-0.2, 0) is 16.0 Å². The summed E-state index contributed by atoms with van der Waals surface area (Å²) in [5.41, 5.74) is 0.277. The molecule has 0 aliphatic heterocycles. The Balaban J connectivity index is 2.10. The number of esters is 1. The van der Waals surface area contributed by atoms with Crippen molar-refractivity contribution in [2.24, 2.45) is 0 Å². The Labute approximate surface area is 98.6 Å². The molecule has 0 N–H and O–H groups in total. The molecule has 0 spiro atoms. The van der Waals surface area contributed by atoms with E-state index in [1.807, 2.05) is 20.8 Å². The highest BCUT2D eigenvalue weighted by Crippen LogP contribution is 2.09. The second-order valence-corrected chi connectivity index (χ2v) is 4.73. The molecule has 0 fully saturated rings. The molecule has 0 aromatic carbocycles. The molecule has 0 aliphatic carbocycles. The van der Waals surface area contributed by atoms with E-state index in [4.69, 9.17) is 4.74 Å². The number of ether oxygens (including phenoxy) is 1. The maximum atomic E-state index is 11.6. The Hall–Kier alpha value is -1.98. The first-order valence-electron chi connectivity index (χ1n) is 5.30. The highest BCUT2D eigenvalue weighted by Gasteiger charge is 2.16. The summed E-state index contributed by atoms with van der Waals surface area (Å²) in [5.74, 6) is 0.233. The van der Waals surface area contributed by atoms with Crippen LogP contribution in [0.3, 0.4) is 0 Å². The van der Waals surface area contributed by atoms with E-state index in [-0.39, 0.29) is 12.4 Å². The fourth-order valence-electron chi connectivity index (χ4n) is 1.39. The zero-order valence-corrected chi connectivity index (χ0v) is 10.0. The second kappa shape index (κ2) is 4.12. The fourth-order valence-corrected chi connectivity index (χ4v) is 1.39. The molecule has 2 rings (SSSR count). The van der Waals surface area contributed by atoms with Gasteiger partial charge in [0.05, 0.1) is 6.42 Å².